The monoisotopic (exact) mass is 394 g/mol. The Hall–Kier alpha value is -3.03. The molecule has 0 atom stereocenters. The Morgan fingerprint density at radius 1 is 0.690 bits per heavy atom. The van der Waals surface area contributed by atoms with Crippen molar-refractivity contribution in [2.24, 2.45) is 0 Å². The molecule has 0 bridgehead atoms. The van der Waals surface area contributed by atoms with Gasteiger partial charge in [0, 0.05) is 24.8 Å². The molecule has 0 radical (unpaired) electrons. The molecule has 29 heavy (non-hydrogen) atoms. The van der Waals surface area contributed by atoms with Crippen LogP contribution in [0.2, 0.25) is 0 Å². The van der Waals surface area contributed by atoms with E-state index >= 15 is 0 Å². The first-order valence-electron chi connectivity index (χ1n) is 10.1. The molecule has 0 aliphatic rings. The number of aldehydes is 1. The summed E-state index contributed by atoms with van der Waals surface area (Å²) in [6.07, 6.45) is 23.9. The molecule has 0 spiro atoms. The van der Waals surface area contributed by atoms with E-state index in [0.717, 1.165) is 44.8 Å². The number of carbonyl (C=O) groups excluding carboxylic acids is 1. The summed E-state index contributed by atoms with van der Waals surface area (Å²) in [6, 6.07) is 3.35. The van der Waals surface area contributed by atoms with Crippen LogP contribution in [0.1, 0.15) is 68.1 Å². The Labute approximate surface area is 175 Å². The van der Waals surface area contributed by atoms with Crippen molar-refractivity contribution in [3.05, 3.63) is 17.7 Å². The third-order valence-corrected chi connectivity index (χ3v) is 4.09. The zero-order valence-corrected chi connectivity index (χ0v) is 17.1. The van der Waals surface area contributed by atoms with E-state index in [-0.39, 0.29) is 0 Å². The quantitative estimate of drug-likeness (QED) is 0.224. The van der Waals surface area contributed by atoms with Gasteiger partial charge in [-0.15, -0.1) is 37.0 Å². The van der Waals surface area contributed by atoms with Gasteiger partial charge in [0.2, 0.25) is 5.75 Å². The van der Waals surface area contributed by atoms with Crippen LogP contribution in [-0.4, -0.2) is 26.1 Å². The normalized spacial score (nSPS) is 9.69. The molecule has 0 amide bonds. The van der Waals surface area contributed by atoms with Gasteiger partial charge < -0.3 is 14.2 Å². The van der Waals surface area contributed by atoms with E-state index in [2.05, 4.69) is 17.8 Å². The number of unbranched alkanes of at least 4 members (excludes halogenated alkanes) is 6. The number of rotatable bonds is 16. The van der Waals surface area contributed by atoms with Gasteiger partial charge >= 0.3 is 0 Å². The number of hydrogen-bond donors (Lipinski definition) is 0. The van der Waals surface area contributed by atoms with Crippen LogP contribution in [-0.2, 0) is 0 Å². The summed E-state index contributed by atoms with van der Waals surface area (Å²) < 4.78 is 17.8. The molecule has 4 heteroatoms. The van der Waals surface area contributed by atoms with Gasteiger partial charge in [0.25, 0.3) is 0 Å². The Bertz CT molecular complexity index is 686. The maximum absolute atomic E-state index is 11.4. The van der Waals surface area contributed by atoms with Gasteiger partial charge in [-0.25, -0.2) is 0 Å². The van der Waals surface area contributed by atoms with E-state index < -0.39 is 0 Å². The van der Waals surface area contributed by atoms with Gasteiger partial charge in [0.1, 0.15) is 6.29 Å². The van der Waals surface area contributed by atoms with Crippen LogP contribution >= 0.6 is 0 Å². The smallest absolute Gasteiger partial charge is 0.203 e. The standard InChI is InChI=1S/C25H30O4/c1-4-7-10-13-16-27-23-19-22(21-26)20-24(28-17-14-11-8-5-2)25(23)29-18-15-12-9-6-3/h1-3,19-21H,7-18H2. The van der Waals surface area contributed by atoms with E-state index in [1.807, 2.05) is 0 Å². The average molecular weight is 395 g/mol. The largest absolute Gasteiger partial charge is 0.490 e. The predicted molar refractivity (Wildman–Crippen MR) is 116 cm³/mol. The van der Waals surface area contributed by atoms with Crippen LogP contribution in [0, 0.1) is 37.0 Å². The molecule has 0 heterocycles. The molecule has 0 saturated heterocycles. The zero-order chi connectivity index (χ0) is 21.2. The SMILES string of the molecule is C#CCCCCOc1cc(C=O)cc(OCCCCC#C)c1OCCCCC#C. The minimum atomic E-state index is 0.474. The summed E-state index contributed by atoms with van der Waals surface area (Å²) in [4.78, 5) is 11.4. The molecule has 0 unspecified atom stereocenters. The lowest BCUT2D eigenvalue weighted by atomic mass is 10.2. The van der Waals surface area contributed by atoms with Gasteiger partial charge in [0.05, 0.1) is 19.8 Å². The number of carbonyl (C=O) groups is 1. The minimum absolute atomic E-state index is 0.474. The summed E-state index contributed by atoms with van der Waals surface area (Å²) in [5.41, 5.74) is 0.474. The molecule has 0 aliphatic carbocycles. The van der Waals surface area contributed by atoms with E-state index in [9.17, 15) is 4.79 Å². The first kappa shape index (κ1) is 24.0. The molecular weight excluding hydrogens is 364 g/mol. The number of ether oxygens (including phenoxy) is 3. The van der Waals surface area contributed by atoms with Gasteiger partial charge in [-0.05, 0) is 50.7 Å². The van der Waals surface area contributed by atoms with Crippen LogP contribution in [0.3, 0.4) is 0 Å². The summed E-state index contributed by atoms with van der Waals surface area (Å²) in [7, 11) is 0. The number of hydrogen-bond acceptors (Lipinski definition) is 4. The molecule has 0 aliphatic heterocycles. The van der Waals surface area contributed by atoms with Crippen LogP contribution < -0.4 is 14.2 Å². The van der Waals surface area contributed by atoms with E-state index in [1.165, 1.54) is 0 Å². The molecular formula is C25H30O4. The Morgan fingerprint density at radius 2 is 1.10 bits per heavy atom. The first-order valence-corrected chi connectivity index (χ1v) is 10.1. The molecule has 0 N–H and O–H groups in total. The van der Waals surface area contributed by atoms with Crippen molar-refractivity contribution in [2.45, 2.75) is 57.8 Å². The van der Waals surface area contributed by atoms with Crippen LogP contribution in [0.25, 0.3) is 0 Å². The van der Waals surface area contributed by atoms with Crippen molar-refractivity contribution in [3.8, 4) is 54.3 Å². The second-order valence-corrected chi connectivity index (χ2v) is 6.49. The first-order chi connectivity index (χ1) is 14.3. The van der Waals surface area contributed by atoms with Gasteiger partial charge in [-0.2, -0.15) is 0 Å². The fraction of sp³-hybridized carbons (Fsp3) is 0.480. The van der Waals surface area contributed by atoms with Crippen molar-refractivity contribution in [1.82, 2.24) is 0 Å². The predicted octanol–water partition coefficient (Wildman–Crippen LogP) is 5.05. The molecule has 1 aromatic carbocycles. The molecule has 0 saturated carbocycles. The lowest BCUT2D eigenvalue weighted by molar-refractivity contribution is 0.112. The van der Waals surface area contributed by atoms with Gasteiger partial charge in [-0.3, -0.25) is 4.79 Å². The van der Waals surface area contributed by atoms with E-state index in [0.29, 0.717) is 61.9 Å². The highest BCUT2D eigenvalue weighted by atomic mass is 16.5. The molecule has 4 nitrogen and oxygen atoms in total. The molecule has 154 valence electrons. The summed E-state index contributed by atoms with van der Waals surface area (Å²) in [6.45, 7) is 1.46. The van der Waals surface area contributed by atoms with Crippen molar-refractivity contribution >= 4 is 6.29 Å². The highest BCUT2D eigenvalue weighted by molar-refractivity contribution is 5.78. The second-order valence-electron chi connectivity index (χ2n) is 6.49. The number of terminal acetylenes is 3. The lowest BCUT2D eigenvalue weighted by Crippen LogP contribution is -2.07. The van der Waals surface area contributed by atoms with Gasteiger partial charge in [0.15, 0.2) is 11.5 Å². The maximum Gasteiger partial charge on any atom is 0.203 e. The molecule has 1 rings (SSSR count). The summed E-state index contributed by atoms with van der Waals surface area (Å²) in [5.74, 6) is 9.38. The Morgan fingerprint density at radius 3 is 1.48 bits per heavy atom. The van der Waals surface area contributed by atoms with E-state index in [1.54, 1.807) is 12.1 Å². The van der Waals surface area contributed by atoms with Crippen molar-refractivity contribution in [3.63, 3.8) is 0 Å². The van der Waals surface area contributed by atoms with Crippen LogP contribution in [0.15, 0.2) is 12.1 Å². The topological polar surface area (TPSA) is 44.8 Å². The highest BCUT2D eigenvalue weighted by Gasteiger charge is 2.16. The maximum atomic E-state index is 11.4. The number of benzene rings is 1. The van der Waals surface area contributed by atoms with Crippen molar-refractivity contribution < 1.29 is 19.0 Å². The lowest BCUT2D eigenvalue weighted by Gasteiger charge is -2.18. The fourth-order valence-corrected chi connectivity index (χ4v) is 2.55. The second kappa shape index (κ2) is 16.0. The van der Waals surface area contributed by atoms with Crippen LogP contribution in [0.5, 0.6) is 17.2 Å². The Kier molecular flexibility index (Phi) is 13.2. The van der Waals surface area contributed by atoms with Gasteiger partial charge in [-0.1, -0.05) is 0 Å². The summed E-state index contributed by atoms with van der Waals surface area (Å²) >= 11 is 0. The molecule has 1 aromatic rings. The molecule has 0 aromatic heterocycles. The van der Waals surface area contributed by atoms with Crippen molar-refractivity contribution in [2.75, 3.05) is 19.8 Å². The zero-order valence-electron chi connectivity index (χ0n) is 17.1. The molecule has 0 fully saturated rings. The third-order valence-electron chi connectivity index (χ3n) is 4.09. The summed E-state index contributed by atoms with van der Waals surface area (Å²) in [5, 5.41) is 0. The minimum Gasteiger partial charge on any atom is -0.490 e. The fourth-order valence-electron chi connectivity index (χ4n) is 2.55. The third kappa shape index (κ3) is 10.2. The highest BCUT2D eigenvalue weighted by Crippen LogP contribution is 2.39. The van der Waals surface area contributed by atoms with Crippen molar-refractivity contribution in [1.29, 1.82) is 0 Å². The average Bonchev–Trinajstić information content (AvgIpc) is 2.74. The van der Waals surface area contributed by atoms with E-state index in [4.69, 9.17) is 33.5 Å². The Balaban J connectivity index is 2.87. The van der Waals surface area contributed by atoms with Crippen LogP contribution in [0.4, 0.5) is 0 Å².